The van der Waals surface area contributed by atoms with Gasteiger partial charge in [0.05, 0.1) is 12.3 Å². The van der Waals surface area contributed by atoms with Gasteiger partial charge in [-0.3, -0.25) is 10.3 Å². The molecule has 0 amide bonds. The third-order valence-electron chi connectivity index (χ3n) is 4.05. The third-order valence-corrected chi connectivity index (χ3v) is 4.05. The number of esters is 1. The molecule has 3 rings (SSSR count). The molecule has 5 nitrogen and oxygen atoms in total. The highest BCUT2D eigenvalue weighted by molar-refractivity contribution is 5.88. The van der Waals surface area contributed by atoms with Gasteiger partial charge >= 0.3 is 5.97 Å². The zero-order valence-corrected chi connectivity index (χ0v) is 13.9. The molecule has 24 heavy (non-hydrogen) atoms. The minimum absolute atomic E-state index is 0.287. The molecular formula is C19H21NO4. The Bertz CT molecular complexity index is 766. The summed E-state index contributed by atoms with van der Waals surface area (Å²) in [6.45, 7) is 4.26. The van der Waals surface area contributed by atoms with Crippen LogP contribution in [0.3, 0.4) is 0 Å². The largest absolute Gasteiger partial charge is 0.487 e. The van der Waals surface area contributed by atoms with Crippen LogP contribution in [0.25, 0.3) is 10.8 Å². The Morgan fingerprint density at radius 1 is 1.17 bits per heavy atom. The number of hydrogen-bond donors (Lipinski definition) is 1. The predicted molar refractivity (Wildman–Crippen MR) is 91.4 cm³/mol. The number of carbonyl (C=O) groups excluding carboxylic acids is 1. The fourth-order valence-corrected chi connectivity index (χ4v) is 2.72. The number of hydroxylamine groups is 1. The molecule has 1 N–H and O–H groups in total. The normalized spacial score (nSPS) is 19.7. The second-order valence-electron chi connectivity index (χ2n) is 5.60. The Labute approximate surface area is 141 Å². The topological polar surface area (TPSA) is 56.8 Å². The summed E-state index contributed by atoms with van der Waals surface area (Å²) in [6.07, 6.45) is 2.23. The van der Waals surface area contributed by atoms with Crippen molar-refractivity contribution in [3.8, 4) is 5.75 Å². The van der Waals surface area contributed by atoms with Gasteiger partial charge in [-0.2, -0.15) is 0 Å². The molecule has 1 heterocycles. The zero-order chi connectivity index (χ0) is 17.0. The molecule has 0 fully saturated rings. The number of hydrogen-bond acceptors (Lipinski definition) is 5. The van der Waals surface area contributed by atoms with E-state index in [9.17, 15) is 4.79 Å². The van der Waals surface area contributed by atoms with Crippen molar-refractivity contribution in [2.45, 2.75) is 25.9 Å². The Morgan fingerprint density at radius 2 is 1.96 bits per heavy atom. The number of ether oxygens (including phenoxy) is 2. The minimum atomic E-state index is -1.08. The van der Waals surface area contributed by atoms with E-state index in [1.54, 1.807) is 13.0 Å². The van der Waals surface area contributed by atoms with Crippen LogP contribution in [-0.4, -0.2) is 24.8 Å². The Balaban J connectivity index is 1.75. The fraction of sp³-hybridized carbons (Fsp3) is 0.316. The van der Waals surface area contributed by atoms with E-state index in [4.69, 9.17) is 14.3 Å². The average Bonchev–Trinajstić information content (AvgIpc) is 3.05. The van der Waals surface area contributed by atoms with Crippen LogP contribution in [0.4, 0.5) is 0 Å². The number of carbonyl (C=O) groups is 1. The molecule has 1 aliphatic rings. The van der Waals surface area contributed by atoms with Crippen LogP contribution < -0.4 is 10.2 Å². The molecule has 1 unspecified atom stereocenters. The lowest BCUT2D eigenvalue weighted by Gasteiger charge is -2.20. The van der Waals surface area contributed by atoms with Gasteiger partial charge in [0, 0.05) is 5.39 Å². The van der Waals surface area contributed by atoms with E-state index in [-0.39, 0.29) is 12.6 Å². The van der Waals surface area contributed by atoms with Crippen molar-refractivity contribution in [3.63, 3.8) is 0 Å². The summed E-state index contributed by atoms with van der Waals surface area (Å²) in [6, 6.07) is 14.0. The van der Waals surface area contributed by atoms with Crippen LogP contribution in [0.5, 0.6) is 5.75 Å². The average molecular weight is 327 g/mol. The fourth-order valence-electron chi connectivity index (χ4n) is 2.72. The second-order valence-corrected chi connectivity index (χ2v) is 5.60. The second kappa shape index (κ2) is 6.93. The number of rotatable bonds is 6. The molecule has 1 atom stereocenters. The summed E-state index contributed by atoms with van der Waals surface area (Å²) in [4.78, 5) is 17.6. The third kappa shape index (κ3) is 3.08. The van der Waals surface area contributed by atoms with Crippen LogP contribution in [0, 0.1) is 0 Å². The van der Waals surface area contributed by atoms with E-state index < -0.39 is 5.60 Å². The quantitative estimate of drug-likeness (QED) is 0.825. The molecule has 2 aromatic carbocycles. The van der Waals surface area contributed by atoms with Gasteiger partial charge in [-0.05, 0) is 30.9 Å². The minimum Gasteiger partial charge on any atom is -0.487 e. The molecule has 5 heteroatoms. The summed E-state index contributed by atoms with van der Waals surface area (Å²) in [5.74, 6) is 0.404. The molecule has 1 aliphatic heterocycles. The van der Waals surface area contributed by atoms with Gasteiger partial charge in [0.15, 0.2) is 0 Å². The van der Waals surface area contributed by atoms with E-state index in [0.717, 1.165) is 16.5 Å². The first-order valence-corrected chi connectivity index (χ1v) is 8.12. The Kier molecular flexibility index (Phi) is 4.71. The standard InChI is InChI=1S/C19H21NO4/c1-3-19(18(21)22-4-2)12-15(20-24-19)13-23-17-11-7-9-14-8-5-6-10-16(14)17/h5-12,20H,3-4,13H2,1-2H3. The van der Waals surface area contributed by atoms with Crippen LogP contribution in [0.2, 0.25) is 0 Å². The van der Waals surface area contributed by atoms with Crippen LogP contribution in [0.15, 0.2) is 54.2 Å². The van der Waals surface area contributed by atoms with Crippen LogP contribution >= 0.6 is 0 Å². The highest BCUT2D eigenvalue weighted by atomic mass is 16.7. The number of nitrogens with one attached hydrogen (secondary N) is 1. The van der Waals surface area contributed by atoms with Gasteiger partial charge in [0.2, 0.25) is 5.60 Å². The first-order valence-electron chi connectivity index (χ1n) is 8.12. The monoisotopic (exact) mass is 327 g/mol. The van der Waals surface area contributed by atoms with Crippen molar-refractivity contribution in [1.29, 1.82) is 0 Å². The summed E-state index contributed by atoms with van der Waals surface area (Å²) in [5, 5.41) is 2.17. The van der Waals surface area contributed by atoms with E-state index >= 15 is 0 Å². The number of fused-ring (bicyclic) bond motifs is 1. The highest BCUT2D eigenvalue weighted by Crippen LogP contribution is 2.28. The molecule has 0 aromatic heterocycles. The summed E-state index contributed by atoms with van der Waals surface area (Å²) < 4.78 is 11.0. The summed E-state index contributed by atoms with van der Waals surface area (Å²) in [7, 11) is 0. The summed E-state index contributed by atoms with van der Waals surface area (Å²) in [5.41, 5.74) is 2.42. The van der Waals surface area contributed by atoms with Gasteiger partial charge in [-0.15, -0.1) is 0 Å². The van der Waals surface area contributed by atoms with E-state index in [2.05, 4.69) is 5.48 Å². The van der Waals surface area contributed by atoms with Crippen molar-refractivity contribution >= 4 is 16.7 Å². The molecule has 0 radical (unpaired) electrons. The molecule has 2 aromatic rings. The number of benzene rings is 2. The van der Waals surface area contributed by atoms with Crippen molar-refractivity contribution in [3.05, 3.63) is 54.2 Å². The predicted octanol–water partition coefficient (Wildman–Crippen LogP) is 3.35. The molecule has 0 aliphatic carbocycles. The first-order chi connectivity index (χ1) is 11.7. The van der Waals surface area contributed by atoms with Gasteiger partial charge in [0.1, 0.15) is 12.4 Å². The Morgan fingerprint density at radius 3 is 2.75 bits per heavy atom. The molecule has 0 bridgehead atoms. The van der Waals surface area contributed by atoms with Crippen LogP contribution in [0.1, 0.15) is 20.3 Å². The van der Waals surface area contributed by atoms with Crippen molar-refractivity contribution < 1.29 is 19.1 Å². The van der Waals surface area contributed by atoms with Gasteiger partial charge in [-0.25, -0.2) is 4.79 Å². The molecule has 126 valence electrons. The van der Waals surface area contributed by atoms with E-state index in [1.807, 2.05) is 49.4 Å². The van der Waals surface area contributed by atoms with Crippen molar-refractivity contribution in [2.24, 2.45) is 0 Å². The van der Waals surface area contributed by atoms with E-state index in [0.29, 0.717) is 18.7 Å². The zero-order valence-electron chi connectivity index (χ0n) is 13.9. The maximum atomic E-state index is 12.1. The lowest BCUT2D eigenvalue weighted by molar-refractivity contribution is -0.169. The Hall–Kier alpha value is -2.53. The lowest BCUT2D eigenvalue weighted by atomic mass is 10.0. The lowest BCUT2D eigenvalue weighted by Crippen LogP contribution is -2.39. The summed E-state index contributed by atoms with van der Waals surface area (Å²) >= 11 is 0. The maximum Gasteiger partial charge on any atom is 0.345 e. The molecule has 0 spiro atoms. The van der Waals surface area contributed by atoms with Gasteiger partial charge in [-0.1, -0.05) is 43.3 Å². The van der Waals surface area contributed by atoms with Crippen LogP contribution in [-0.2, 0) is 14.4 Å². The van der Waals surface area contributed by atoms with Gasteiger partial charge < -0.3 is 9.47 Å². The van der Waals surface area contributed by atoms with Crippen molar-refractivity contribution in [2.75, 3.05) is 13.2 Å². The smallest absolute Gasteiger partial charge is 0.345 e. The molecule has 0 saturated carbocycles. The SMILES string of the molecule is CCOC(=O)C1(CC)C=C(COc2cccc3ccccc23)NO1. The highest BCUT2D eigenvalue weighted by Gasteiger charge is 2.42. The first kappa shape index (κ1) is 16.3. The van der Waals surface area contributed by atoms with Crippen molar-refractivity contribution in [1.82, 2.24) is 5.48 Å². The van der Waals surface area contributed by atoms with Gasteiger partial charge in [0.25, 0.3) is 0 Å². The van der Waals surface area contributed by atoms with E-state index in [1.165, 1.54) is 0 Å². The molecule has 0 saturated heterocycles. The molecular weight excluding hydrogens is 306 g/mol. The maximum absolute atomic E-state index is 12.1.